The fraction of sp³-hybridized carbons (Fsp3) is 0.250. The maximum absolute atomic E-state index is 12.0. The summed E-state index contributed by atoms with van der Waals surface area (Å²) < 4.78 is 7.27. The van der Waals surface area contributed by atoms with Gasteiger partial charge in [-0.3, -0.25) is 9.20 Å². The molecule has 0 saturated carbocycles. The van der Waals surface area contributed by atoms with Crippen molar-refractivity contribution in [1.29, 1.82) is 0 Å². The summed E-state index contributed by atoms with van der Waals surface area (Å²) >= 11 is 3.32. The lowest BCUT2D eigenvalue weighted by Gasteiger charge is -2.21. The Bertz CT molecular complexity index is 684. The van der Waals surface area contributed by atoms with Gasteiger partial charge in [0.1, 0.15) is 11.5 Å². The minimum absolute atomic E-state index is 0.363. The van der Waals surface area contributed by atoms with Gasteiger partial charge in [0.2, 0.25) is 5.60 Å². The molecule has 20 heavy (non-hydrogen) atoms. The highest BCUT2D eigenvalue weighted by Gasteiger charge is 2.42. The number of imidazole rings is 1. The number of ether oxygens (including phenoxy) is 1. The van der Waals surface area contributed by atoms with E-state index in [1.165, 1.54) is 20.2 Å². The molecule has 0 aliphatic heterocycles. The summed E-state index contributed by atoms with van der Waals surface area (Å²) in [4.78, 5) is 27.3. The van der Waals surface area contributed by atoms with Crippen LogP contribution >= 0.6 is 15.9 Å². The summed E-state index contributed by atoms with van der Waals surface area (Å²) in [6.07, 6.45) is 3.14. The van der Waals surface area contributed by atoms with Crippen molar-refractivity contribution in [1.82, 2.24) is 9.38 Å². The first-order valence-corrected chi connectivity index (χ1v) is 6.40. The van der Waals surface area contributed by atoms with Gasteiger partial charge in [-0.15, -0.1) is 0 Å². The number of nitrogens with one attached hydrogen (secondary N) is 1. The topological polar surface area (TPSA) is 92.9 Å². The van der Waals surface area contributed by atoms with Crippen LogP contribution < -0.4 is 5.32 Å². The normalized spacial score (nSPS) is 13.9. The number of carboxylic acids is 1. The van der Waals surface area contributed by atoms with E-state index in [9.17, 15) is 9.59 Å². The zero-order valence-corrected chi connectivity index (χ0v) is 12.3. The monoisotopic (exact) mass is 341 g/mol. The Morgan fingerprint density at radius 1 is 1.55 bits per heavy atom. The van der Waals surface area contributed by atoms with Crippen molar-refractivity contribution in [2.45, 2.75) is 12.5 Å². The molecule has 1 amide bonds. The molecular weight excluding hydrogens is 330 g/mol. The standard InChI is InChI=1S/C12H12BrN3O4/c1-12(20-2,11(18)19)10(17)15-9-6-14-8-5-7(13)3-4-16(8)9/h3-6H,1-2H3,(H,15,17)(H,18,19). The first-order valence-electron chi connectivity index (χ1n) is 5.61. The predicted octanol–water partition coefficient (Wildman–Crippen LogP) is 1.52. The highest BCUT2D eigenvalue weighted by Crippen LogP contribution is 2.19. The third-order valence-corrected chi connectivity index (χ3v) is 3.46. The van der Waals surface area contributed by atoms with E-state index in [0.717, 1.165) is 4.47 Å². The largest absolute Gasteiger partial charge is 0.479 e. The third-order valence-electron chi connectivity index (χ3n) is 2.97. The molecule has 2 heterocycles. The quantitative estimate of drug-likeness (QED) is 0.822. The second-order valence-electron chi connectivity index (χ2n) is 4.21. The predicted molar refractivity (Wildman–Crippen MR) is 74.6 cm³/mol. The van der Waals surface area contributed by atoms with Gasteiger partial charge in [-0.05, 0) is 19.1 Å². The fourth-order valence-electron chi connectivity index (χ4n) is 1.56. The molecule has 0 fully saturated rings. The van der Waals surface area contributed by atoms with Gasteiger partial charge >= 0.3 is 5.97 Å². The molecule has 0 aliphatic rings. The van der Waals surface area contributed by atoms with Crippen molar-refractivity contribution in [2.24, 2.45) is 0 Å². The van der Waals surface area contributed by atoms with Crippen molar-refractivity contribution in [3.8, 4) is 0 Å². The average molecular weight is 342 g/mol. The van der Waals surface area contributed by atoms with E-state index in [2.05, 4.69) is 26.2 Å². The molecule has 1 unspecified atom stereocenters. The van der Waals surface area contributed by atoms with Crippen LogP contribution in [0.15, 0.2) is 29.0 Å². The second kappa shape index (κ2) is 5.22. The van der Waals surface area contributed by atoms with Gasteiger partial charge < -0.3 is 15.2 Å². The van der Waals surface area contributed by atoms with Crippen LogP contribution in [0.2, 0.25) is 0 Å². The van der Waals surface area contributed by atoms with Crippen molar-refractivity contribution >= 4 is 39.3 Å². The highest BCUT2D eigenvalue weighted by atomic mass is 79.9. The molecule has 8 heteroatoms. The summed E-state index contributed by atoms with van der Waals surface area (Å²) in [5.74, 6) is -1.78. The van der Waals surface area contributed by atoms with Crippen LogP contribution in [-0.4, -0.2) is 39.1 Å². The molecule has 2 aromatic rings. The number of hydrogen-bond acceptors (Lipinski definition) is 4. The van der Waals surface area contributed by atoms with Gasteiger partial charge in [0, 0.05) is 17.8 Å². The average Bonchev–Trinajstić information content (AvgIpc) is 2.79. The number of aromatic nitrogens is 2. The van der Waals surface area contributed by atoms with Gasteiger partial charge in [-0.1, -0.05) is 15.9 Å². The zero-order valence-electron chi connectivity index (χ0n) is 10.8. The Kier molecular flexibility index (Phi) is 3.78. The van der Waals surface area contributed by atoms with Gasteiger partial charge in [0.25, 0.3) is 5.91 Å². The van der Waals surface area contributed by atoms with Crippen molar-refractivity contribution < 1.29 is 19.4 Å². The molecule has 2 N–H and O–H groups in total. The lowest BCUT2D eigenvalue weighted by molar-refractivity contribution is -0.165. The molecule has 0 radical (unpaired) electrons. The van der Waals surface area contributed by atoms with Crippen molar-refractivity contribution in [3.05, 3.63) is 29.0 Å². The van der Waals surface area contributed by atoms with E-state index in [0.29, 0.717) is 11.5 Å². The minimum atomic E-state index is -1.96. The number of carbonyl (C=O) groups excluding carboxylic acids is 1. The summed E-state index contributed by atoms with van der Waals surface area (Å²) in [6, 6.07) is 3.54. The number of halogens is 1. The van der Waals surface area contributed by atoms with Gasteiger partial charge in [0.15, 0.2) is 0 Å². The number of anilines is 1. The highest BCUT2D eigenvalue weighted by molar-refractivity contribution is 9.10. The number of nitrogens with zero attached hydrogens (tertiary/aromatic N) is 2. The molecule has 0 aliphatic carbocycles. The van der Waals surface area contributed by atoms with Crippen molar-refractivity contribution in [2.75, 3.05) is 12.4 Å². The Hall–Kier alpha value is -1.93. The number of rotatable bonds is 4. The van der Waals surface area contributed by atoms with Crippen LogP contribution in [0.5, 0.6) is 0 Å². The Morgan fingerprint density at radius 3 is 2.85 bits per heavy atom. The smallest absolute Gasteiger partial charge is 0.345 e. The number of hydrogen-bond donors (Lipinski definition) is 2. The zero-order chi connectivity index (χ0) is 14.9. The molecule has 0 spiro atoms. The Morgan fingerprint density at radius 2 is 2.25 bits per heavy atom. The van der Waals surface area contributed by atoms with Gasteiger partial charge in [-0.2, -0.15) is 0 Å². The minimum Gasteiger partial charge on any atom is -0.479 e. The van der Waals surface area contributed by atoms with Crippen LogP contribution in [0, 0.1) is 0 Å². The summed E-state index contributed by atoms with van der Waals surface area (Å²) in [5.41, 5.74) is -1.34. The van der Waals surface area contributed by atoms with Crippen LogP contribution in [0.4, 0.5) is 5.82 Å². The summed E-state index contributed by atoms with van der Waals surface area (Å²) in [6.45, 7) is 1.19. The number of methoxy groups -OCH3 is 1. The van der Waals surface area contributed by atoms with E-state index in [1.54, 1.807) is 22.7 Å². The lowest BCUT2D eigenvalue weighted by Crippen LogP contribution is -2.49. The molecule has 106 valence electrons. The van der Waals surface area contributed by atoms with Crippen LogP contribution in [0.3, 0.4) is 0 Å². The number of pyridine rings is 1. The molecule has 2 aromatic heterocycles. The molecule has 7 nitrogen and oxygen atoms in total. The molecule has 2 rings (SSSR count). The summed E-state index contributed by atoms with van der Waals surface area (Å²) in [5, 5.41) is 11.6. The first-order chi connectivity index (χ1) is 9.38. The van der Waals surface area contributed by atoms with E-state index in [4.69, 9.17) is 9.84 Å². The number of aliphatic carboxylic acids is 1. The van der Waals surface area contributed by atoms with Gasteiger partial charge in [-0.25, -0.2) is 9.78 Å². The number of fused-ring (bicyclic) bond motifs is 1. The van der Waals surface area contributed by atoms with E-state index in [-0.39, 0.29) is 0 Å². The van der Waals surface area contributed by atoms with Crippen LogP contribution in [0.1, 0.15) is 6.92 Å². The molecule has 0 bridgehead atoms. The van der Waals surface area contributed by atoms with Gasteiger partial charge in [0.05, 0.1) is 6.20 Å². The maximum Gasteiger partial charge on any atom is 0.345 e. The fourth-order valence-corrected chi connectivity index (χ4v) is 1.88. The lowest BCUT2D eigenvalue weighted by atomic mass is 10.1. The first kappa shape index (κ1) is 14.5. The molecular formula is C12H12BrN3O4. The van der Waals surface area contributed by atoms with Crippen LogP contribution in [-0.2, 0) is 14.3 Å². The third kappa shape index (κ3) is 2.39. The van der Waals surface area contributed by atoms with Crippen molar-refractivity contribution in [3.63, 3.8) is 0 Å². The van der Waals surface area contributed by atoms with E-state index >= 15 is 0 Å². The summed E-state index contributed by atoms with van der Waals surface area (Å²) in [7, 11) is 1.17. The SMILES string of the molecule is COC(C)(C(=O)O)C(=O)Nc1cnc2cc(Br)ccn12. The number of amides is 1. The van der Waals surface area contributed by atoms with E-state index < -0.39 is 17.5 Å². The molecule has 1 atom stereocenters. The molecule has 0 aromatic carbocycles. The van der Waals surface area contributed by atoms with E-state index in [1.807, 2.05) is 0 Å². The molecule has 0 saturated heterocycles. The Labute approximate surface area is 122 Å². The van der Waals surface area contributed by atoms with Crippen LogP contribution in [0.25, 0.3) is 5.65 Å². The maximum atomic E-state index is 12.0. The number of carbonyl (C=O) groups is 2. The Balaban J connectivity index is 2.33. The number of carboxylic acid groups (broad SMARTS) is 1. The second-order valence-corrected chi connectivity index (χ2v) is 5.13.